The molecule has 0 radical (unpaired) electrons. The van der Waals surface area contributed by atoms with Gasteiger partial charge in [-0.15, -0.1) is 11.3 Å². The third kappa shape index (κ3) is 2.88. The number of nitrogens with zero attached hydrogens (tertiary/aromatic N) is 1. The Morgan fingerprint density at radius 2 is 2.18 bits per heavy atom. The second-order valence-corrected chi connectivity index (χ2v) is 4.78. The van der Waals surface area contributed by atoms with Crippen LogP contribution in [0, 0.1) is 0 Å². The Kier molecular flexibility index (Phi) is 3.51. The van der Waals surface area contributed by atoms with E-state index in [1.165, 1.54) is 5.38 Å². The van der Waals surface area contributed by atoms with Gasteiger partial charge in [-0.1, -0.05) is 23.2 Å². The fraction of sp³-hybridized carbons (Fsp3) is 0. The van der Waals surface area contributed by atoms with Crippen molar-refractivity contribution in [3.05, 3.63) is 39.3 Å². The zero-order valence-corrected chi connectivity index (χ0v) is 10.6. The molecule has 1 aromatic carbocycles. The molecule has 0 spiro atoms. The molecule has 0 atom stereocenters. The molecule has 0 bridgehead atoms. The summed E-state index contributed by atoms with van der Waals surface area (Å²) in [5, 5.41) is 16.2. The number of rotatable bonds is 3. The van der Waals surface area contributed by atoms with E-state index in [2.05, 4.69) is 10.3 Å². The molecule has 1 heterocycles. The van der Waals surface area contributed by atoms with Crippen LogP contribution in [0.3, 0.4) is 0 Å². The summed E-state index contributed by atoms with van der Waals surface area (Å²) in [6, 6.07) is 4.94. The maximum atomic E-state index is 10.5. The van der Waals surface area contributed by atoms with Crippen LogP contribution >= 0.6 is 34.5 Å². The standard InChI is InChI=1S/C10H6Cl2N2O2S/c11-5-1-2-7(6(12)3-5)13-10-14-8(4-17-10)9(15)16/h1-4H,(H,13,14)(H,15,16)/p-1. The van der Waals surface area contributed by atoms with Gasteiger partial charge in [0.25, 0.3) is 0 Å². The Hall–Kier alpha value is -1.30. The molecule has 4 nitrogen and oxygen atoms in total. The number of carboxylic acids is 1. The zero-order valence-electron chi connectivity index (χ0n) is 8.24. The molecule has 0 saturated heterocycles. The summed E-state index contributed by atoms with van der Waals surface area (Å²) >= 11 is 12.9. The number of anilines is 2. The molecule has 0 unspecified atom stereocenters. The third-order valence-electron chi connectivity index (χ3n) is 1.89. The summed E-state index contributed by atoms with van der Waals surface area (Å²) in [6.45, 7) is 0. The highest BCUT2D eigenvalue weighted by atomic mass is 35.5. The van der Waals surface area contributed by atoms with Gasteiger partial charge in [0.1, 0.15) is 0 Å². The maximum absolute atomic E-state index is 10.5. The summed E-state index contributed by atoms with van der Waals surface area (Å²) in [7, 11) is 0. The topological polar surface area (TPSA) is 65.0 Å². The highest BCUT2D eigenvalue weighted by Crippen LogP contribution is 2.29. The predicted octanol–water partition coefficient (Wildman–Crippen LogP) is 2.56. The fourth-order valence-corrected chi connectivity index (χ4v) is 2.28. The smallest absolute Gasteiger partial charge is 0.187 e. The van der Waals surface area contributed by atoms with Gasteiger partial charge in [0.2, 0.25) is 0 Å². The quantitative estimate of drug-likeness (QED) is 0.942. The van der Waals surface area contributed by atoms with Crippen LogP contribution in [-0.4, -0.2) is 11.0 Å². The van der Waals surface area contributed by atoms with Crippen LogP contribution in [-0.2, 0) is 0 Å². The van der Waals surface area contributed by atoms with E-state index in [4.69, 9.17) is 23.2 Å². The van der Waals surface area contributed by atoms with Crippen molar-refractivity contribution in [2.75, 3.05) is 5.32 Å². The molecule has 17 heavy (non-hydrogen) atoms. The SMILES string of the molecule is O=C([O-])c1csc(Nc2ccc(Cl)cc2Cl)n1. The molecule has 0 aliphatic carbocycles. The highest BCUT2D eigenvalue weighted by molar-refractivity contribution is 7.14. The maximum Gasteiger partial charge on any atom is 0.187 e. The number of hydrogen-bond acceptors (Lipinski definition) is 5. The van der Waals surface area contributed by atoms with Gasteiger partial charge in [-0.05, 0) is 18.2 Å². The molecule has 0 aliphatic heterocycles. The second-order valence-electron chi connectivity index (χ2n) is 3.07. The summed E-state index contributed by atoms with van der Waals surface area (Å²) in [4.78, 5) is 14.4. The Labute approximate surface area is 111 Å². The lowest BCUT2D eigenvalue weighted by molar-refractivity contribution is -0.255. The van der Waals surface area contributed by atoms with E-state index < -0.39 is 5.97 Å². The molecule has 0 aliphatic rings. The van der Waals surface area contributed by atoms with Gasteiger partial charge < -0.3 is 15.2 Å². The van der Waals surface area contributed by atoms with Crippen molar-refractivity contribution in [2.24, 2.45) is 0 Å². The second kappa shape index (κ2) is 4.91. The Morgan fingerprint density at radius 3 is 2.76 bits per heavy atom. The number of benzene rings is 1. The Morgan fingerprint density at radius 1 is 1.41 bits per heavy atom. The molecule has 88 valence electrons. The minimum Gasteiger partial charge on any atom is -0.543 e. The minimum absolute atomic E-state index is 0.109. The van der Waals surface area contributed by atoms with Crippen molar-refractivity contribution in [3.8, 4) is 0 Å². The molecule has 2 rings (SSSR count). The predicted molar refractivity (Wildman–Crippen MR) is 66.2 cm³/mol. The molecule has 7 heteroatoms. The van der Waals surface area contributed by atoms with Crippen molar-refractivity contribution in [1.29, 1.82) is 0 Å². The first-order valence-electron chi connectivity index (χ1n) is 4.45. The molecule has 1 N–H and O–H groups in total. The summed E-state index contributed by atoms with van der Waals surface area (Å²) in [6.07, 6.45) is 0. The molecule has 0 fully saturated rings. The molecule has 2 aromatic rings. The summed E-state index contributed by atoms with van der Waals surface area (Å²) in [5.74, 6) is -1.31. The van der Waals surface area contributed by atoms with Crippen molar-refractivity contribution in [1.82, 2.24) is 4.98 Å². The van der Waals surface area contributed by atoms with Crippen LogP contribution < -0.4 is 10.4 Å². The van der Waals surface area contributed by atoms with Crippen LogP contribution in [0.4, 0.5) is 10.8 Å². The molecule has 0 saturated carbocycles. The van der Waals surface area contributed by atoms with Crippen molar-refractivity contribution in [3.63, 3.8) is 0 Å². The fourth-order valence-electron chi connectivity index (χ4n) is 1.13. The van der Waals surface area contributed by atoms with Gasteiger partial charge in [-0.25, -0.2) is 4.98 Å². The summed E-state index contributed by atoms with van der Waals surface area (Å²) in [5.41, 5.74) is 0.498. The number of carbonyl (C=O) groups excluding carboxylic acids is 1. The molecule has 1 aromatic heterocycles. The van der Waals surface area contributed by atoms with Crippen molar-refractivity contribution in [2.45, 2.75) is 0 Å². The van der Waals surface area contributed by atoms with E-state index in [1.54, 1.807) is 18.2 Å². The van der Waals surface area contributed by atoms with Gasteiger partial charge >= 0.3 is 0 Å². The van der Waals surface area contributed by atoms with E-state index in [0.29, 0.717) is 20.9 Å². The Balaban J connectivity index is 2.22. The first kappa shape index (κ1) is 12.2. The number of carboxylic acid groups (broad SMARTS) is 1. The van der Waals surface area contributed by atoms with Crippen LogP contribution in [0.1, 0.15) is 10.5 Å². The number of nitrogens with one attached hydrogen (secondary N) is 1. The van der Waals surface area contributed by atoms with E-state index >= 15 is 0 Å². The van der Waals surface area contributed by atoms with E-state index in [1.807, 2.05) is 0 Å². The van der Waals surface area contributed by atoms with E-state index in [9.17, 15) is 9.90 Å². The number of carbonyl (C=O) groups is 1. The zero-order chi connectivity index (χ0) is 12.4. The van der Waals surface area contributed by atoms with Gasteiger partial charge in [-0.3, -0.25) is 0 Å². The van der Waals surface area contributed by atoms with Crippen LogP contribution in [0.5, 0.6) is 0 Å². The number of aromatic nitrogens is 1. The summed E-state index contributed by atoms with van der Waals surface area (Å²) < 4.78 is 0. The van der Waals surface area contributed by atoms with Crippen LogP contribution in [0.15, 0.2) is 23.6 Å². The van der Waals surface area contributed by atoms with Crippen molar-refractivity contribution < 1.29 is 9.90 Å². The monoisotopic (exact) mass is 287 g/mol. The first-order chi connectivity index (χ1) is 8.06. The van der Waals surface area contributed by atoms with Gasteiger partial charge in [0.05, 0.1) is 22.4 Å². The number of aromatic carboxylic acids is 1. The minimum atomic E-state index is -1.31. The normalized spacial score (nSPS) is 10.2. The van der Waals surface area contributed by atoms with Crippen molar-refractivity contribution >= 4 is 51.3 Å². The Bertz CT molecular complexity index is 571. The van der Waals surface area contributed by atoms with Crippen LogP contribution in [0.2, 0.25) is 10.0 Å². The van der Waals surface area contributed by atoms with E-state index in [-0.39, 0.29) is 5.69 Å². The lowest BCUT2D eigenvalue weighted by Gasteiger charge is -2.05. The number of thiazole rings is 1. The average Bonchev–Trinajstić information content (AvgIpc) is 2.71. The molecular formula is C10H5Cl2N2O2S-. The van der Waals surface area contributed by atoms with Gasteiger partial charge in [0, 0.05) is 10.4 Å². The third-order valence-corrected chi connectivity index (χ3v) is 3.19. The van der Waals surface area contributed by atoms with Gasteiger partial charge in [-0.2, -0.15) is 0 Å². The molecular weight excluding hydrogens is 283 g/mol. The first-order valence-corrected chi connectivity index (χ1v) is 6.09. The largest absolute Gasteiger partial charge is 0.543 e. The number of halogens is 2. The molecule has 0 amide bonds. The highest BCUT2D eigenvalue weighted by Gasteiger charge is 2.05. The number of hydrogen-bond donors (Lipinski definition) is 1. The lowest BCUT2D eigenvalue weighted by atomic mass is 10.3. The van der Waals surface area contributed by atoms with Crippen LogP contribution in [0.25, 0.3) is 0 Å². The van der Waals surface area contributed by atoms with E-state index in [0.717, 1.165) is 11.3 Å². The average molecular weight is 288 g/mol. The van der Waals surface area contributed by atoms with Gasteiger partial charge in [0.15, 0.2) is 5.13 Å². The lowest BCUT2D eigenvalue weighted by Crippen LogP contribution is -2.22.